The summed E-state index contributed by atoms with van der Waals surface area (Å²) >= 11 is 0. The van der Waals surface area contributed by atoms with Crippen LogP contribution in [0.25, 0.3) is 0 Å². The number of rotatable bonds is 34. The van der Waals surface area contributed by atoms with Gasteiger partial charge in [0.2, 0.25) is 0 Å². The molecule has 1 heterocycles. The van der Waals surface area contributed by atoms with Crippen molar-refractivity contribution in [1.82, 2.24) is 0 Å². The second kappa shape index (κ2) is 37.2. The molecule has 0 amide bonds. The predicted molar refractivity (Wildman–Crippen MR) is 228 cm³/mol. The molecule has 0 spiro atoms. The molecule has 0 aromatic carbocycles. The van der Waals surface area contributed by atoms with Crippen LogP contribution < -0.4 is 0 Å². The van der Waals surface area contributed by atoms with E-state index < -0.39 is 55.4 Å². The van der Waals surface area contributed by atoms with Crippen molar-refractivity contribution in [3.05, 3.63) is 85.1 Å². The van der Waals surface area contributed by atoms with Crippen LogP contribution in [-0.4, -0.2) is 89.0 Å². The van der Waals surface area contributed by atoms with Crippen LogP contribution in [0.15, 0.2) is 85.1 Å². The molecular formula is C47H76O10. The van der Waals surface area contributed by atoms with Crippen LogP contribution in [0, 0.1) is 0 Å². The minimum Gasteiger partial charge on any atom is -0.462 e. The van der Waals surface area contributed by atoms with Gasteiger partial charge in [-0.3, -0.25) is 9.59 Å². The number of carbonyl (C=O) groups excluding carboxylic acids is 2. The average molecular weight is 801 g/mol. The fourth-order valence-corrected chi connectivity index (χ4v) is 5.77. The van der Waals surface area contributed by atoms with Gasteiger partial charge in [0.15, 0.2) is 12.4 Å². The standard InChI is InChI=1S/C47H76O10/c1-3-5-7-9-11-13-15-17-19-20-22-24-26-28-30-32-34-36-43(50)56-40(39-55-47-46(53)45(52)44(51)41(37-48)57-47)38-54-42(49)35-33-31-29-27-25-23-21-18-16-14-12-10-8-6-4-2/h7,9,12-15,18-21,24-27,40-41,44-48,51-53H,3-6,8,10-11,16-17,22-23,28-39H2,1-2H3/b9-7+,14-12+,15-13+,20-19+,21-18+,26-24+,27-25+/t40-,41-,44+,45?,46?,47-/m1/s1. The molecular weight excluding hydrogens is 725 g/mol. The van der Waals surface area contributed by atoms with E-state index in [1.165, 1.54) is 25.7 Å². The topological polar surface area (TPSA) is 152 Å². The normalized spacial score (nSPS) is 21.1. The molecule has 4 N–H and O–H groups in total. The Hall–Kier alpha value is -3.12. The third kappa shape index (κ3) is 28.9. The van der Waals surface area contributed by atoms with Crippen molar-refractivity contribution in [2.45, 2.75) is 179 Å². The Balaban J connectivity index is 2.42. The summed E-state index contributed by atoms with van der Waals surface area (Å²) in [5.41, 5.74) is 0. The number of hydrogen-bond acceptors (Lipinski definition) is 10. The highest BCUT2D eigenvalue weighted by atomic mass is 16.7. The Morgan fingerprint density at radius 1 is 0.544 bits per heavy atom. The highest BCUT2D eigenvalue weighted by molar-refractivity contribution is 5.70. The molecule has 6 atom stereocenters. The number of aliphatic hydroxyl groups is 4. The minimum atomic E-state index is -1.61. The maximum Gasteiger partial charge on any atom is 0.306 e. The monoisotopic (exact) mass is 801 g/mol. The van der Waals surface area contributed by atoms with Gasteiger partial charge >= 0.3 is 11.9 Å². The second-order valence-corrected chi connectivity index (χ2v) is 14.4. The van der Waals surface area contributed by atoms with E-state index in [2.05, 4.69) is 98.9 Å². The highest BCUT2D eigenvalue weighted by Gasteiger charge is 2.44. The summed E-state index contributed by atoms with van der Waals surface area (Å²) in [5.74, 6) is -0.898. The zero-order chi connectivity index (χ0) is 41.6. The van der Waals surface area contributed by atoms with Gasteiger partial charge in [-0.05, 0) is 89.9 Å². The highest BCUT2D eigenvalue weighted by Crippen LogP contribution is 2.22. The largest absolute Gasteiger partial charge is 0.462 e. The summed E-state index contributed by atoms with van der Waals surface area (Å²) in [5, 5.41) is 40.0. The van der Waals surface area contributed by atoms with Gasteiger partial charge in [-0.25, -0.2) is 0 Å². The van der Waals surface area contributed by atoms with Crippen LogP contribution in [-0.2, 0) is 28.5 Å². The molecule has 1 saturated heterocycles. The molecule has 10 nitrogen and oxygen atoms in total. The van der Waals surface area contributed by atoms with Crippen LogP contribution in [0.3, 0.4) is 0 Å². The SMILES string of the molecule is CCC/C=C/C/C=C/C/C=C/C/C=C/CCCCCC(=O)O[C@H](COC(=O)CCCC/C=C/C/C=C/C/C=C/CCCCC)CO[C@@H]1O[C@H](CO)[C@H](O)C(O)C1O. The van der Waals surface area contributed by atoms with E-state index in [0.29, 0.717) is 12.8 Å². The number of aliphatic hydroxyl groups excluding tert-OH is 4. The van der Waals surface area contributed by atoms with Crippen LogP contribution in [0.2, 0.25) is 0 Å². The number of carbonyl (C=O) groups is 2. The van der Waals surface area contributed by atoms with Gasteiger partial charge in [0.1, 0.15) is 31.0 Å². The van der Waals surface area contributed by atoms with Gasteiger partial charge in [-0.15, -0.1) is 0 Å². The Kier molecular flexibility index (Phi) is 33.8. The number of allylic oxidation sites excluding steroid dienone is 14. The van der Waals surface area contributed by atoms with Gasteiger partial charge in [0.25, 0.3) is 0 Å². The lowest BCUT2D eigenvalue weighted by Gasteiger charge is -2.39. The molecule has 57 heavy (non-hydrogen) atoms. The Labute approximate surface area is 344 Å². The zero-order valence-electron chi connectivity index (χ0n) is 35.0. The molecule has 0 bridgehead atoms. The van der Waals surface area contributed by atoms with Crippen LogP contribution in [0.4, 0.5) is 0 Å². The van der Waals surface area contributed by atoms with Crippen LogP contribution in [0.1, 0.15) is 142 Å². The lowest BCUT2D eigenvalue weighted by molar-refractivity contribution is -0.305. The molecule has 0 aliphatic carbocycles. The van der Waals surface area contributed by atoms with Crippen molar-refractivity contribution < 1.29 is 49.0 Å². The Morgan fingerprint density at radius 2 is 1.02 bits per heavy atom. The smallest absolute Gasteiger partial charge is 0.306 e. The molecule has 324 valence electrons. The molecule has 0 radical (unpaired) electrons. The second-order valence-electron chi connectivity index (χ2n) is 14.4. The van der Waals surface area contributed by atoms with E-state index in [4.69, 9.17) is 18.9 Å². The van der Waals surface area contributed by atoms with E-state index in [9.17, 15) is 30.0 Å². The first-order valence-electron chi connectivity index (χ1n) is 21.7. The Morgan fingerprint density at radius 3 is 1.54 bits per heavy atom. The first-order valence-corrected chi connectivity index (χ1v) is 21.7. The van der Waals surface area contributed by atoms with E-state index in [-0.39, 0.29) is 26.1 Å². The van der Waals surface area contributed by atoms with Crippen molar-refractivity contribution in [2.24, 2.45) is 0 Å². The van der Waals surface area contributed by atoms with Crippen molar-refractivity contribution in [3.63, 3.8) is 0 Å². The molecule has 1 fully saturated rings. The lowest BCUT2D eigenvalue weighted by Crippen LogP contribution is -2.59. The fraction of sp³-hybridized carbons (Fsp3) is 0.660. The van der Waals surface area contributed by atoms with Crippen molar-refractivity contribution in [2.75, 3.05) is 19.8 Å². The molecule has 0 aromatic heterocycles. The maximum absolute atomic E-state index is 12.7. The number of esters is 2. The van der Waals surface area contributed by atoms with Gasteiger partial charge in [0, 0.05) is 12.8 Å². The van der Waals surface area contributed by atoms with Crippen LogP contribution in [0.5, 0.6) is 0 Å². The molecule has 1 aliphatic heterocycles. The third-order valence-corrected chi connectivity index (χ3v) is 9.23. The molecule has 0 saturated carbocycles. The van der Waals surface area contributed by atoms with Crippen molar-refractivity contribution in [3.8, 4) is 0 Å². The summed E-state index contributed by atoms with van der Waals surface area (Å²) in [6.45, 7) is 3.23. The van der Waals surface area contributed by atoms with Gasteiger partial charge < -0.3 is 39.4 Å². The summed E-state index contributed by atoms with van der Waals surface area (Å²) in [7, 11) is 0. The Bertz CT molecular complexity index is 1200. The maximum atomic E-state index is 12.7. The van der Waals surface area contributed by atoms with E-state index >= 15 is 0 Å². The number of unbranched alkanes of at least 4 members (excludes halogenated alkanes) is 9. The third-order valence-electron chi connectivity index (χ3n) is 9.23. The zero-order valence-corrected chi connectivity index (χ0v) is 35.0. The van der Waals surface area contributed by atoms with E-state index in [1.54, 1.807) is 0 Å². The van der Waals surface area contributed by atoms with Gasteiger partial charge in [-0.2, -0.15) is 0 Å². The van der Waals surface area contributed by atoms with Crippen molar-refractivity contribution >= 4 is 11.9 Å². The summed E-state index contributed by atoms with van der Waals surface area (Å²) in [6, 6.07) is 0. The first-order chi connectivity index (χ1) is 27.8. The summed E-state index contributed by atoms with van der Waals surface area (Å²) in [6.07, 6.45) is 40.1. The fourth-order valence-electron chi connectivity index (χ4n) is 5.77. The lowest BCUT2D eigenvalue weighted by atomic mass is 9.99. The minimum absolute atomic E-state index is 0.179. The molecule has 1 rings (SSSR count). The molecule has 1 aliphatic rings. The molecule has 10 heteroatoms. The predicted octanol–water partition coefficient (Wildman–Crippen LogP) is 8.99. The van der Waals surface area contributed by atoms with E-state index in [0.717, 1.165) is 77.0 Å². The van der Waals surface area contributed by atoms with Gasteiger partial charge in [-0.1, -0.05) is 125 Å². The summed E-state index contributed by atoms with van der Waals surface area (Å²) in [4.78, 5) is 25.3. The van der Waals surface area contributed by atoms with Crippen molar-refractivity contribution in [1.29, 1.82) is 0 Å². The quantitative estimate of drug-likeness (QED) is 0.0282. The number of ether oxygens (including phenoxy) is 4. The van der Waals surface area contributed by atoms with E-state index in [1.807, 2.05) is 0 Å². The molecule has 2 unspecified atom stereocenters. The first kappa shape index (κ1) is 51.9. The van der Waals surface area contributed by atoms with Crippen LogP contribution >= 0.6 is 0 Å². The molecule has 0 aromatic rings. The van der Waals surface area contributed by atoms with Gasteiger partial charge in [0.05, 0.1) is 13.2 Å². The summed E-state index contributed by atoms with van der Waals surface area (Å²) < 4.78 is 22.1. The average Bonchev–Trinajstić information content (AvgIpc) is 3.21. The number of hydrogen-bond donors (Lipinski definition) is 4.